The van der Waals surface area contributed by atoms with Crippen molar-refractivity contribution in [3.05, 3.63) is 53.6 Å². The molecule has 1 saturated carbocycles. The first-order chi connectivity index (χ1) is 17.8. The second-order valence-electron chi connectivity index (χ2n) is 10.5. The van der Waals surface area contributed by atoms with E-state index < -0.39 is 11.7 Å². The highest BCUT2D eigenvalue weighted by molar-refractivity contribution is 6.00. The summed E-state index contributed by atoms with van der Waals surface area (Å²) in [6.45, 7) is 4.61. The Morgan fingerprint density at radius 1 is 0.946 bits per heavy atom. The molecule has 2 aromatic rings. The maximum atomic E-state index is 13.0. The lowest BCUT2D eigenvalue weighted by Crippen LogP contribution is -2.46. The summed E-state index contributed by atoms with van der Waals surface area (Å²) in [5.41, 5.74) is 0.366. The third kappa shape index (κ3) is 6.22. The Morgan fingerprint density at radius 3 is 2.49 bits per heavy atom. The summed E-state index contributed by atoms with van der Waals surface area (Å²) in [4.78, 5) is 17.1. The Labute approximate surface area is 216 Å². The van der Waals surface area contributed by atoms with Crippen LogP contribution in [0.4, 0.5) is 18.9 Å². The van der Waals surface area contributed by atoms with E-state index in [-0.39, 0.29) is 11.4 Å². The van der Waals surface area contributed by atoms with Crippen LogP contribution in [0, 0.1) is 0 Å². The van der Waals surface area contributed by atoms with E-state index in [9.17, 15) is 18.0 Å². The van der Waals surface area contributed by atoms with Gasteiger partial charge in [-0.1, -0.05) is 12.5 Å². The third-order valence-corrected chi connectivity index (χ3v) is 7.88. The Balaban J connectivity index is 1.04. The molecule has 0 amide bonds. The fraction of sp³-hybridized carbons (Fsp3) is 0.552. The largest absolute Gasteiger partial charge is 0.493 e. The first kappa shape index (κ1) is 25.9. The van der Waals surface area contributed by atoms with Gasteiger partial charge in [0, 0.05) is 37.9 Å². The smallest absolute Gasteiger partial charge is 0.416 e. The minimum Gasteiger partial charge on any atom is -0.493 e. The van der Waals surface area contributed by atoms with Gasteiger partial charge in [0.2, 0.25) is 0 Å². The monoisotopic (exact) mass is 516 g/mol. The number of carbonyl (C=O) groups is 1. The number of Topliss-reactive ketones (excluding diaryl/α,β-unsaturated/α-hetero) is 1. The van der Waals surface area contributed by atoms with Crippen molar-refractivity contribution in [1.29, 1.82) is 0 Å². The molecule has 200 valence electrons. The molecular formula is C29H35F3N2O3. The minimum absolute atomic E-state index is 0.169. The van der Waals surface area contributed by atoms with Crippen LogP contribution in [0.2, 0.25) is 0 Å². The van der Waals surface area contributed by atoms with Crippen molar-refractivity contribution in [2.45, 2.75) is 63.1 Å². The quantitative estimate of drug-likeness (QED) is 0.401. The lowest BCUT2D eigenvalue weighted by molar-refractivity contribution is -0.137. The summed E-state index contributed by atoms with van der Waals surface area (Å²) in [5, 5.41) is 0. The normalized spacial score (nSPS) is 20.0. The van der Waals surface area contributed by atoms with E-state index >= 15 is 0 Å². The number of carbonyl (C=O) groups excluding carboxylic acids is 1. The number of piperazine rings is 1. The number of anilines is 1. The molecule has 3 aliphatic rings. The van der Waals surface area contributed by atoms with Gasteiger partial charge in [0.15, 0.2) is 5.78 Å². The molecule has 1 saturated heterocycles. The molecule has 0 unspecified atom stereocenters. The van der Waals surface area contributed by atoms with E-state index in [1.54, 1.807) is 6.07 Å². The van der Waals surface area contributed by atoms with Crippen LogP contribution in [-0.4, -0.2) is 55.6 Å². The number of alkyl halides is 3. The molecular weight excluding hydrogens is 481 g/mol. The number of halogens is 3. The number of hydrogen-bond acceptors (Lipinski definition) is 5. The number of unbranched alkanes of at least 4 members (excludes halogenated alkanes) is 1. The first-order valence-corrected chi connectivity index (χ1v) is 13.5. The lowest BCUT2D eigenvalue weighted by Gasteiger charge is -2.40. The number of benzene rings is 2. The van der Waals surface area contributed by atoms with Crippen LogP contribution in [0.15, 0.2) is 42.5 Å². The molecule has 0 atom stereocenters. The summed E-state index contributed by atoms with van der Waals surface area (Å²) in [6, 6.07) is 11.1. The van der Waals surface area contributed by atoms with E-state index in [0.29, 0.717) is 43.1 Å². The highest BCUT2D eigenvalue weighted by atomic mass is 19.4. The van der Waals surface area contributed by atoms with Crippen molar-refractivity contribution >= 4 is 11.5 Å². The van der Waals surface area contributed by atoms with Gasteiger partial charge < -0.3 is 14.4 Å². The topological polar surface area (TPSA) is 42.0 Å². The highest BCUT2D eigenvalue weighted by Crippen LogP contribution is 2.43. The Hall–Kier alpha value is -2.74. The molecule has 2 aliphatic heterocycles. The van der Waals surface area contributed by atoms with Crippen molar-refractivity contribution < 1.29 is 27.4 Å². The minimum atomic E-state index is -4.32. The van der Waals surface area contributed by atoms with Crippen molar-refractivity contribution in [3.63, 3.8) is 0 Å². The molecule has 2 aromatic carbocycles. The van der Waals surface area contributed by atoms with Gasteiger partial charge in [-0.2, -0.15) is 13.2 Å². The maximum Gasteiger partial charge on any atom is 0.416 e. The van der Waals surface area contributed by atoms with Crippen molar-refractivity contribution in [1.82, 2.24) is 4.90 Å². The summed E-state index contributed by atoms with van der Waals surface area (Å²) in [7, 11) is 0. The summed E-state index contributed by atoms with van der Waals surface area (Å²) in [5.74, 6) is 1.56. The fourth-order valence-electron chi connectivity index (χ4n) is 5.78. The second kappa shape index (κ2) is 10.9. The van der Waals surface area contributed by atoms with E-state index in [1.807, 2.05) is 23.1 Å². The predicted molar refractivity (Wildman–Crippen MR) is 137 cm³/mol. The van der Waals surface area contributed by atoms with E-state index in [0.717, 1.165) is 70.0 Å². The Kier molecular flexibility index (Phi) is 7.65. The molecule has 5 rings (SSSR count). The number of rotatable bonds is 7. The van der Waals surface area contributed by atoms with Gasteiger partial charge in [0.05, 0.1) is 24.2 Å². The van der Waals surface area contributed by atoms with Crippen molar-refractivity contribution in [2.24, 2.45) is 0 Å². The molecule has 5 nitrogen and oxygen atoms in total. The molecule has 0 N–H and O–H groups in total. The number of hydrogen-bond donors (Lipinski definition) is 0. The zero-order valence-electron chi connectivity index (χ0n) is 21.2. The highest BCUT2D eigenvalue weighted by Gasteiger charge is 2.41. The molecule has 8 heteroatoms. The van der Waals surface area contributed by atoms with E-state index in [4.69, 9.17) is 9.47 Å². The van der Waals surface area contributed by atoms with Gasteiger partial charge in [-0.05, 0) is 75.4 Å². The van der Waals surface area contributed by atoms with Crippen LogP contribution in [-0.2, 0) is 6.18 Å². The molecule has 0 aromatic heterocycles. The van der Waals surface area contributed by atoms with Crippen LogP contribution in [0.3, 0.4) is 0 Å². The number of ketones is 1. The molecule has 0 radical (unpaired) electrons. The van der Waals surface area contributed by atoms with Crippen LogP contribution in [0.25, 0.3) is 0 Å². The molecule has 1 spiro atoms. The second-order valence-corrected chi connectivity index (χ2v) is 10.5. The van der Waals surface area contributed by atoms with E-state index in [1.165, 1.54) is 18.6 Å². The zero-order valence-corrected chi connectivity index (χ0v) is 21.2. The van der Waals surface area contributed by atoms with Gasteiger partial charge in [-0.15, -0.1) is 0 Å². The molecule has 2 heterocycles. The summed E-state index contributed by atoms with van der Waals surface area (Å²) < 4.78 is 51.4. The van der Waals surface area contributed by atoms with E-state index in [2.05, 4.69) is 4.90 Å². The Morgan fingerprint density at radius 2 is 1.73 bits per heavy atom. The van der Waals surface area contributed by atoms with Gasteiger partial charge in [-0.25, -0.2) is 0 Å². The lowest BCUT2D eigenvalue weighted by atomic mass is 9.78. The third-order valence-electron chi connectivity index (χ3n) is 7.88. The standard InChI is InChI=1S/C29H35F3N2O3/c30-29(31,32)22-7-6-8-23(19-22)34-16-14-33(15-17-34)13-4-5-18-36-24-9-10-25-26(35)21-28(37-27(25)20-24)11-2-1-3-12-28/h6-10,19-20H,1-5,11-18,21H2. The van der Waals surface area contributed by atoms with Gasteiger partial charge in [-0.3, -0.25) is 9.69 Å². The van der Waals surface area contributed by atoms with Crippen molar-refractivity contribution in [2.75, 3.05) is 44.2 Å². The van der Waals surface area contributed by atoms with Crippen molar-refractivity contribution in [3.8, 4) is 11.5 Å². The molecule has 2 fully saturated rings. The van der Waals surface area contributed by atoms with Crippen LogP contribution in [0.5, 0.6) is 11.5 Å². The predicted octanol–water partition coefficient (Wildman–Crippen LogP) is 6.35. The fourth-order valence-corrected chi connectivity index (χ4v) is 5.78. The number of nitrogens with zero attached hydrogens (tertiary/aromatic N) is 2. The average Bonchev–Trinajstić information content (AvgIpc) is 2.89. The Bertz CT molecular complexity index is 1090. The van der Waals surface area contributed by atoms with Gasteiger partial charge in [0.1, 0.15) is 17.1 Å². The first-order valence-electron chi connectivity index (χ1n) is 13.5. The molecule has 1 aliphatic carbocycles. The SMILES string of the molecule is O=C1CC2(CCCCC2)Oc2cc(OCCCCN3CCN(c4cccc(C(F)(F)F)c4)CC3)ccc21. The maximum absolute atomic E-state index is 13.0. The van der Waals surface area contributed by atoms with Gasteiger partial charge in [0.25, 0.3) is 0 Å². The number of fused-ring (bicyclic) bond motifs is 1. The summed E-state index contributed by atoms with van der Waals surface area (Å²) in [6.07, 6.45) is 3.35. The van der Waals surface area contributed by atoms with Crippen LogP contribution in [0.1, 0.15) is 67.3 Å². The average molecular weight is 517 g/mol. The summed E-state index contributed by atoms with van der Waals surface area (Å²) >= 11 is 0. The van der Waals surface area contributed by atoms with Crippen LogP contribution < -0.4 is 14.4 Å². The van der Waals surface area contributed by atoms with Gasteiger partial charge >= 0.3 is 6.18 Å². The molecule has 37 heavy (non-hydrogen) atoms. The number of ether oxygens (including phenoxy) is 2. The van der Waals surface area contributed by atoms with Crippen LogP contribution >= 0.6 is 0 Å². The zero-order chi connectivity index (χ0) is 25.9. The molecule has 0 bridgehead atoms.